The van der Waals surface area contributed by atoms with Gasteiger partial charge >= 0.3 is 6.09 Å². The molecule has 31 heavy (non-hydrogen) atoms. The van der Waals surface area contributed by atoms with Gasteiger partial charge in [-0.2, -0.15) is 0 Å². The molecule has 162 valence electrons. The van der Waals surface area contributed by atoms with E-state index >= 15 is 0 Å². The van der Waals surface area contributed by atoms with Crippen molar-refractivity contribution in [1.82, 2.24) is 10.3 Å². The highest BCUT2D eigenvalue weighted by Gasteiger charge is 2.17. The first-order chi connectivity index (χ1) is 15.2. The van der Waals surface area contributed by atoms with Crippen LogP contribution in [0.5, 0.6) is 5.75 Å². The molecule has 1 aromatic heterocycles. The lowest BCUT2D eigenvalue weighted by Gasteiger charge is -2.22. The molecule has 1 aliphatic rings. The Morgan fingerprint density at radius 1 is 1.06 bits per heavy atom. The lowest BCUT2D eigenvalue weighted by atomic mass is 10.0. The lowest BCUT2D eigenvalue weighted by Crippen LogP contribution is -2.32. The number of fused-ring (bicyclic) bond motifs is 1. The Labute approximate surface area is 182 Å². The highest BCUT2D eigenvalue weighted by molar-refractivity contribution is 5.86. The van der Waals surface area contributed by atoms with Gasteiger partial charge in [-0.05, 0) is 43.4 Å². The predicted molar refractivity (Wildman–Crippen MR) is 119 cm³/mol. The normalized spacial score (nSPS) is 14.4. The summed E-state index contributed by atoms with van der Waals surface area (Å²) < 4.78 is 17.0. The summed E-state index contributed by atoms with van der Waals surface area (Å²) in [5, 5.41) is 3.81. The number of carbonyl (C=O) groups is 1. The van der Waals surface area contributed by atoms with Gasteiger partial charge < -0.3 is 19.5 Å². The van der Waals surface area contributed by atoms with E-state index in [1.165, 1.54) is 0 Å². The molecule has 0 radical (unpaired) electrons. The minimum Gasteiger partial charge on any atom is -0.488 e. The van der Waals surface area contributed by atoms with E-state index in [0.29, 0.717) is 24.8 Å². The van der Waals surface area contributed by atoms with Gasteiger partial charge in [0.1, 0.15) is 19.0 Å². The second-order valence-electron chi connectivity index (χ2n) is 7.82. The van der Waals surface area contributed by atoms with Crippen LogP contribution >= 0.6 is 0 Å². The van der Waals surface area contributed by atoms with E-state index in [0.717, 1.165) is 53.8 Å². The first-order valence-corrected chi connectivity index (χ1v) is 10.7. The number of alkyl carbamates (subject to hydrolysis) is 1. The van der Waals surface area contributed by atoms with Gasteiger partial charge in [-0.1, -0.05) is 42.5 Å². The van der Waals surface area contributed by atoms with E-state index in [4.69, 9.17) is 19.2 Å². The van der Waals surface area contributed by atoms with E-state index < -0.39 is 6.09 Å². The molecule has 0 aliphatic carbocycles. The number of amides is 1. The van der Waals surface area contributed by atoms with E-state index in [1.54, 1.807) is 0 Å². The summed E-state index contributed by atoms with van der Waals surface area (Å²) in [4.78, 5) is 16.9. The molecule has 1 saturated heterocycles. The Bertz CT molecular complexity index is 1020. The minimum absolute atomic E-state index is 0.0952. The largest absolute Gasteiger partial charge is 0.488 e. The maximum absolute atomic E-state index is 12.2. The zero-order chi connectivity index (χ0) is 21.5. The van der Waals surface area contributed by atoms with E-state index in [2.05, 4.69) is 5.32 Å². The Hall–Kier alpha value is -3.12. The monoisotopic (exact) mass is 420 g/mol. The van der Waals surface area contributed by atoms with Crippen LogP contribution in [0.1, 0.15) is 29.7 Å². The Morgan fingerprint density at radius 2 is 1.81 bits per heavy atom. The molecule has 1 aliphatic heterocycles. The number of benzene rings is 2. The minimum atomic E-state index is -0.424. The molecule has 1 fully saturated rings. The molecule has 2 heterocycles. The lowest BCUT2D eigenvalue weighted by molar-refractivity contribution is 0.0648. The number of ether oxygens (including phenoxy) is 3. The van der Waals surface area contributed by atoms with Gasteiger partial charge in [0.25, 0.3) is 0 Å². The summed E-state index contributed by atoms with van der Waals surface area (Å²) >= 11 is 0. The molecule has 0 unspecified atom stereocenters. The van der Waals surface area contributed by atoms with Crippen LogP contribution < -0.4 is 10.1 Å². The van der Waals surface area contributed by atoms with Crippen molar-refractivity contribution in [2.75, 3.05) is 19.8 Å². The summed E-state index contributed by atoms with van der Waals surface area (Å²) in [5.41, 5.74) is 3.49. The average molecular weight is 421 g/mol. The first-order valence-electron chi connectivity index (χ1n) is 10.7. The fourth-order valence-electron chi connectivity index (χ4n) is 3.74. The molecule has 1 N–H and O–H groups in total. The van der Waals surface area contributed by atoms with Crippen molar-refractivity contribution in [1.29, 1.82) is 0 Å². The Kier molecular flexibility index (Phi) is 6.99. The molecule has 2 aromatic carbocycles. The zero-order valence-corrected chi connectivity index (χ0v) is 17.8. The van der Waals surface area contributed by atoms with Crippen molar-refractivity contribution >= 4 is 17.0 Å². The molecule has 6 heteroatoms. The van der Waals surface area contributed by atoms with E-state index in [9.17, 15) is 4.79 Å². The van der Waals surface area contributed by atoms with Crippen molar-refractivity contribution in [3.05, 3.63) is 71.4 Å². The number of hydrogen-bond acceptors (Lipinski definition) is 5. The number of pyridine rings is 1. The smallest absolute Gasteiger partial charge is 0.407 e. The van der Waals surface area contributed by atoms with Gasteiger partial charge in [0.15, 0.2) is 0 Å². The second-order valence-corrected chi connectivity index (χ2v) is 7.82. The van der Waals surface area contributed by atoms with Crippen LogP contribution in [-0.4, -0.2) is 30.8 Å². The molecular formula is C25H28N2O4. The third-order valence-corrected chi connectivity index (χ3v) is 5.62. The average Bonchev–Trinajstić information content (AvgIpc) is 2.82. The molecule has 6 nitrogen and oxygen atoms in total. The maximum Gasteiger partial charge on any atom is 0.407 e. The number of rotatable bonds is 7. The first kappa shape index (κ1) is 21.1. The maximum atomic E-state index is 12.2. The highest BCUT2D eigenvalue weighted by atomic mass is 16.5. The van der Waals surface area contributed by atoms with Gasteiger partial charge in [-0.3, -0.25) is 0 Å². The molecule has 4 rings (SSSR count). The van der Waals surface area contributed by atoms with Gasteiger partial charge in [0.2, 0.25) is 0 Å². The van der Waals surface area contributed by atoms with Crippen LogP contribution in [0, 0.1) is 12.8 Å². The summed E-state index contributed by atoms with van der Waals surface area (Å²) in [6.45, 7) is 4.64. The van der Waals surface area contributed by atoms with Crippen molar-refractivity contribution in [2.24, 2.45) is 5.92 Å². The molecule has 3 aromatic rings. The molecule has 0 saturated carbocycles. The van der Waals surface area contributed by atoms with Gasteiger partial charge in [0, 0.05) is 30.7 Å². The number of aromatic nitrogens is 1. The Morgan fingerprint density at radius 3 is 2.61 bits per heavy atom. The standard InChI is InChI=1S/C25H28N2O4/c1-18-23(17-31-25(28)26-15-19-11-13-29-14-12-19)27-22-10-6-5-9-21(22)24(18)30-16-20-7-3-2-4-8-20/h2-10,19H,11-17H2,1H3,(H,26,28). The molecular weight excluding hydrogens is 392 g/mol. The van der Waals surface area contributed by atoms with Crippen LogP contribution in [0.25, 0.3) is 10.9 Å². The number of nitrogens with one attached hydrogen (secondary N) is 1. The quantitative estimate of drug-likeness (QED) is 0.596. The van der Waals surface area contributed by atoms with Gasteiger partial charge in [0.05, 0.1) is 11.2 Å². The number of hydrogen-bond donors (Lipinski definition) is 1. The zero-order valence-electron chi connectivity index (χ0n) is 17.8. The topological polar surface area (TPSA) is 69.7 Å². The van der Waals surface area contributed by atoms with E-state index in [-0.39, 0.29) is 6.61 Å². The van der Waals surface area contributed by atoms with Crippen molar-refractivity contribution in [3.8, 4) is 5.75 Å². The number of nitrogens with zero attached hydrogens (tertiary/aromatic N) is 1. The highest BCUT2D eigenvalue weighted by Crippen LogP contribution is 2.31. The van der Waals surface area contributed by atoms with Crippen molar-refractivity contribution < 1.29 is 19.0 Å². The second kappa shape index (κ2) is 10.3. The van der Waals surface area contributed by atoms with Crippen LogP contribution in [0.15, 0.2) is 54.6 Å². The van der Waals surface area contributed by atoms with Gasteiger partial charge in [-0.15, -0.1) is 0 Å². The van der Waals surface area contributed by atoms with Crippen LogP contribution in [-0.2, 0) is 22.7 Å². The van der Waals surface area contributed by atoms with Crippen molar-refractivity contribution in [3.63, 3.8) is 0 Å². The van der Waals surface area contributed by atoms with Crippen LogP contribution in [0.2, 0.25) is 0 Å². The number of carbonyl (C=O) groups excluding carboxylic acids is 1. The summed E-state index contributed by atoms with van der Waals surface area (Å²) in [7, 11) is 0. The fourth-order valence-corrected chi connectivity index (χ4v) is 3.74. The summed E-state index contributed by atoms with van der Waals surface area (Å²) in [6.07, 6.45) is 1.51. The van der Waals surface area contributed by atoms with Crippen LogP contribution in [0.3, 0.4) is 0 Å². The molecule has 0 atom stereocenters. The third kappa shape index (κ3) is 5.52. The molecule has 0 spiro atoms. The fraction of sp³-hybridized carbons (Fsp3) is 0.360. The Balaban J connectivity index is 1.44. The third-order valence-electron chi connectivity index (χ3n) is 5.62. The van der Waals surface area contributed by atoms with Gasteiger partial charge in [-0.25, -0.2) is 9.78 Å². The molecule has 1 amide bonds. The molecule has 0 bridgehead atoms. The van der Waals surface area contributed by atoms with Crippen molar-refractivity contribution in [2.45, 2.75) is 33.0 Å². The SMILES string of the molecule is Cc1c(COC(=O)NCC2CCOCC2)nc2ccccc2c1OCc1ccccc1. The summed E-state index contributed by atoms with van der Waals surface area (Å²) in [6, 6.07) is 17.9. The van der Waals surface area contributed by atoms with E-state index in [1.807, 2.05) is 61.5 Å². The number of para-hydroxylation sites is 1. The predicted octanol–water partition coefficient (Wildman–Crippen LogP) is 4.78. The van der Waals surface area contributed by atoms with Crippen LogP contribution in [0.4, 0.5) is 4.79 Å². The summed E-state index contributed by atoms with van der Waals surface area (Å²) in [5.74, 6) is 1.22.